The number of carboxylic acids is 1. The largest absolute Gasteiger partial charge is 0.481 e. The van der Waals surface area contributed by atoms with E-state index in [1.807, 2.05) is 0 Å². The molecule has 0 spiro atoms. The molecule has 0 atom stereocenters. The van der Waals surface area contributed by atoms with Gasteiger partial charge in [-0.1, -0.05) is 67.7 Å². The lowest BCUT2D eigenvalue weighted by Gasteiger charge is -1.89. The van der Waals surface area contributed by atoms with Crippen molar-refractivity contribution in [1.82, 2.24) is 0 Å². The number of rotatable bonds is 13. The molecule has 2 nitrogen and oxygen atoms in total. The predicted octanol–water partition coefficient (Wildman–Crippen LogP) is 5.61. The van der Waals surface area contributed by atoms with Crippen LogP contribution in [0.3, 0.4) is 0 Å². The van der Waals surface area contributed by atoms with Crippen LogP contribution in [-0.4, -0.2) is 34.1 Å². The molecule has 0 aromatic rings. The smallest absolute Gasteiger partial charge is 0.303 e. The zero-order chi connectivity index (χ0) is 16.3. The van der Waals surface area contributed by atoms with E-state index in [2.05, 4.69) is 67.7 Å². The van der Waals surface area contributed by atoms with Gasteiger partial charge in [-0.05, 0) is 44.9 Å². The minimum atomic E-state index is -0.715. The van der Waals surface area contributed by atoms with Crippen molar-refractivity contribution < 1.29 is 9.90 Å². The fourth-order valence-corrected chi connectivity index (χ4v) is 1.74. The fourth-order valence-electron chi connectivity index (χ4n) is 1.74. The number of hydrogen-bond donors (Lipinski definition) is 1. The van der Waals surface area contributed by atoms with Crippen molar-refractivity contribution in [3.05, 3.63) is 60.8 Å². The summed E-state index contributed by atoms with van der Waals surface area (Å²) >= 11 is 0. The molecule has 0 fully saturated rings. The quantitative estimate of drug-likeness (QED) is 0.271. The summed E-state index contributed by atoms with van der Waals surface area (Å²) in [6.45, 7) is 2.14. The molecule has 0 bridgehead atoms. The van der Waals surface area contributed by atoms with E-state index in [-0.39, 0.29) is 29.5 Å². The van der Waals surface area contributed by atoms with Gasteiger partial charge in [0.05, 0.1) is 0 Å². The van der Waals surface area contributed by atoms with Gasteiger partial charge in [0.25, 0.3) is 0 Å². The summed E-state index contributed by atoms with van der Waals surface area (Å²) < 4.78 is 0. The Morgan fingerprint density at radius 1 is 0.739 bits per heavy atom. The minimum Gasteiger partial charge on any atom is -0.481 e. The lowest BCUT2D eigenvalue weighted by molar-refractivity contribution is -0.137. The first kappa shape index (κ1) is 24.2. The van der Waals surface area contributed by atoms with Crippen LogP contribution in [0, 0.1) is 0 Å². The lowest BCUT2D eigenvalue weighted by Crippen LogP contribution is -1.92. The number of allylic oxidation sites excluding steroid dienone is 10. The van der Waals surface area contributed by atoms with Crippen LogP contribution < -0.4 is 0 Å². The highest BCUT2D eigenvalue weighted by Crippen LogP contribution is 1.99. The van der Waals surface area contributed by atoms with Gasteiger partial charge in [0, 0.05) is 29.5 Å². The zero-order valence-electron chi connectivity index (χ0n) is 14.5. The maximum absolute atomic E-state index is 10.3. The average Bonchev–Trinajstić information content (AvgIpc) is 2.50. The Balaban J connectivity index is 0. The third-order valence-electron chi connectivity index (χ3n) is 2.92. The Labute approximate surface area is 157 Å². The first-order valence-corrected chi connectivity index (χ1v) is 8.24. The van der Waals surface area contributed by atoms with E-state index in [1.165, 1.54) is 0 Å². The number of hydrogen-bond acceptors (Lipinski definition) is 1. The highest BCUT2D eigenvalue weighted by Gasteiger charge is 1.92. The summed E-state index contributed by atoms with van der Waals surface area (Å²) in [6.07, 6.45) is 28.4. The van der Waals surface area contributed by atoms with Gasteiger partial charge in [0.15, 0.2) is 0 Å². The van der Waals surface area contributed by atoms with Gasteiger partial charge in [-0.15, -0.1) is 0 Å². The van der Waals surface area contributed by atoms with Crippen LogP contribution in [0.25, 0.3) is 0 Å². The molecule has 0 saturated carbocycles. The molecule has 0 aliphatic rings. The van der Waals surface area contributed by atoms with Crippen LogP contribution in [0.15, 0.2) is 60.8 Å². The highest BCUT2D eigenvalue weighted by molar-refractivity contribution is 5.75. The van der Waals surface area contributed by atoms with E-state index in [0.29, 0.717) is 0 Å². The van der Waals surface area contributed by atoms with E-state index in [4.69, 9.17) is 5.11 Å². The molecule has 0 aliphatic carbocycles. The zero-order valence-corrected chi connectivity index (χ0v) is 15.9. The van der Waals surface area contributed by atoms with E-state index >= 15 is 0 Å². The summed E-state index contributed by atoms with van der Waals surface area (Å²) in [5.74, 6) is -0.715. The van der Waals surface area contributed by atoms with Crippen molar-refractivity contribution >= 4 is 29.0 Å². The number of carbonyl (C=O) groups is 1. The summed E-state index contributed by atoms with van der Waals surface area (Å²) in [7, 11) is 0. The predicted molar refractivity (Wildman–Crippen MR) is 102 cm³/mol. The third-order valence-corrected chi connectivity index (χ3v) is 2.92. The molecule has 0 amide bonds. The summed E-state index contributed by atoms with van der Waals surface area (Å²) in [5.41, 5.74) is 0. The van der Waals surface area contributed by atoms with Crippen molar-refractivity contribution in [1.29, 1.82) is 0 Å². The first-order chi connectivity index (χ1) is 10.8. The molecule has 124 valence electrons. The van der Waals surface area contributed by atoms with Crippen molar-refractivity contribution in [2.75, 3.05) is 0 Å². The molecule has 0 rings (SSSR count). The second-order valence-corrected chi connectivity index (χ2v) is 4.99. The Kier molecular flexibility index (Phi) is 22.0. The van der Waals surface area contributed by atoms with Gasteiger partial charge in [-0.3, -0.25) is 4.79 Å². The van der Waals surface area contributed by atoms with Gasteiger partial charge in [0.1, 0.15) is 0 Å². The van der Waals surface area contributed by atoms with E-state index in [1.54, 1.807) is 0 Å². The maximum atomic E-state index is 10.3. The van der Waals surface area contributed by atoms with Crippen LogP contribution in [-0.2, 0) is 4.79 Å². The van der Waals surface area contributed by atoms with Crippen LogP contribution in [0.5, 0.6) is 0 Å². The molecule has 0 saturated heterocycles. The van der Waals surface area contributed by atoms with E-state index in [0.717, 1.165) is 44.9 Å². The maximum Gasteiger partial charge on any atom is 0.303 e. The van der Waals surface area contributed by atoms with Crippen LogP contribution in [0.1, 0.15) is 58.3 Å². The van der Waals surface area contributed by atoms with Gasteiger partial charge < -0.3 is 5.11 Å². The molecule has 0 aromatic heterocycles. The minimum absolute atomic E-state index is 0. The molecule has 0 unspecified atom stereocenters. The van der Waals surface area contributed by atoms with Crippen LogP contribution in [0.4, 0.5) is 0 Å². The van der Waals surface area contributed by atoms with Gasteiger partial charge in [-0.25, -0.2) is 0 Å². The van der Waals surface area contributed by atoms with Gasteiger partial charge >= 0.3 is 5.97 Å². The van der Waals surface area contributed by atoms with E-state index in [9.17, 15) is 4.79 Å². The third kappa shape index (κ3) is 23.3. The van der Waals surface area contributed by atoms with Crippen molar-refractivity contribution in [2.24, 2.45) is 0 Å². The van der Waals surface area contributed by atoms with Crippen molar-refractivity contribution in [3.63, 3.8) is 0 Å². The molecule has 0 aromatic carbocycles. The Morgan fingerprint density at radius 3 is 1.52 bits per heavy atom. The summed E-state index contributed by atoms with van der Waals surface area (Å²) in [6, 6.07) is 0. The molecule has 0 aliphatic heterocycles. The molecule has 23 heavy (non-hydrogen) atoms. The molecular weight excluding hydrogens is 297 g/mol. The monoisotopic (exact) mass is 326 g/mol. The molecule has 3 heteroatoms. The summed E-state index contributed by atoms with van der Waals surface area (Å²) in [4.78, 5) is 10.3. The fraction of sp³-hybridized carbons (Fsp3) is 0.450. The number of carboxylic acid groups (broad SMARTS) is 1. The normalized spacial score (nSPS) is 12.2. The second-order valence-electron chi connectivity index (χ2n) is 4.99. The van der Waals surface area contributed by atoms with Gasteiger partial charge in [-0.2, -0.15) is 0 Å². The molecule has 1 N–H and O–H groups in total. The second kappa shape index (κ2) is 20.9. The first-order valence-electron chi connectivity index (χ1n) is 8.24. The molecule has 2 radical (unpaired) electrons. The van der Waals surface area contributed by atoms with Crippen LogP contribution >= 0.6 is 0 Å². The van der Waals surface area contributed by atoms with Gasteiger partial charge in [0.2, 0.25) is 0 Å². The van der Waals surface area contributed by atoms with E-state index < -0.39 is 5.97 Å². The highest BCUT2D eigenvalue weighted by atomic mass is 24.3. The summed E-state index contributed by atoms with van der Waals surface area (Å²) in [5, 5.41) is 8.49. The Bertz CT molecular complexity index is 404. The van der Waals surface area contributed by atoms with Crippen molar-refractivity contribution in [3.8, 4) is 0 Å². The topological polar surface area (TPSA) is 37.3 Å². The number of unbranched alkanes of at least 4 members (excludes halogenated alkanes) is 1. The Hall–Kier alpha value is -1.06. The molecular formula is C20H30MgO2. The SMILES string of the molecule is CC/C=C\C/C=C\C/C=C\C/C=C\C/C=C\CCCC(=O)O.[Mg]. The Morgan fingerprint density at radius 2 is 1.13 bits per heavy atom. The molecule has 0 heterocycles. The average molecular weight is 327 g/mol. The standard InChI is InChI=1S/C20H30O2.Mg/c1-2-3-4-5-6-7-8-9-10-11-12-13-14-15-16-17-18-19-20(21)22;/h3-4,6-7,9-10,12-13,15-16H,2,5,8,11,14,17-19H2,1H3,(H,21,22);/b4-3-,7-6-,10-9-,13-12-,16-15-;. The number of aliphatic carboxylic acids is 1. The lowest BCUT2D eigenvalue weighted by atomic mass is 10.2. The van der Waals surface area contributed by atoms with Crippen LogP contribution in [0.2, 0.25) is 0 Å². The van der Waals surface area contributed by atoms with Crippen molar-refractivity contribution in [2.45, 2.75) is 58.3 Å².